The highest BCUT2D eigenvalue weighted by atomic mass is 32.2. The van der Waals surface area contributed by atoms with Crippen LogP contribution in [0.1, 0.15) is 50.1 Å². The number of carbonyl (C=O) groups is 1. The Hall–Kier alpha value is -2.65. The second-order valence-corrected chi connectivity index (χ2v) is 9.94. The highest BCUT2D eigenvalue weighted by Crippen LogP contribution is 2.29. The second kappa shape index (κ2) is 10.3. The van der Waals surface area contributed by atoms with Crippen LogP contribution >= 0.6 is 0 Å². The number of ether oxygens (including phenoxy) is 1. The minimum Gasteiger partial charge on any atom is -0.497 e. The molecule has 3 rings (SSSR count). The van der Waals surface area contributed by atoms with E-state index in [9.17, 15) is 13.2 Å². The fourth-order valence-electron chi connectivity index (χ4n) is 3.64. The van der Waals surface area contributed by atoms with Gasteiger partial charge in [-0.2, -0.15) is 4.31 Å². The molecule has 0 aliphatic carbocycles. The lowest BCUT2D eigenvalue weighted by molar-refractivity contribution is -0.126. The summed E-state index contributed by atoms with van der Waals surface area (Å²) in [5.74, 6) is 0.756. The first-order chi connectivity index (χ1) is 15.3. The Labute approximate surface area is 189 Å². The molecule has 9 heteroatoms. The number of rotatable bonds is 8. The molecule has 32 heavy (non-hydrogen) atoms. The fourth-order valence-corrected chi connectivity index (χ4v) is 5.36. The summed E-state index contributed by atoms with van der Waals surface area (Å²) < 4.78 is 38.6. The predicted molar refractivity (Wildman–Crippen MR) is 123 cm³/mol. The predicted octanol–water partition coefficient (Wildman–Crippen LogP) is 3.48. The summed E-state index contributed by atoms with van der Waals surface area (Å²) >= 11 is 0. The molecule has 0 bridgehead atoms. The lowest BCUT2D eigenvalue weighted by Gasteiger charge is -2.31. The first-order valence-electron chi connectivity index (χ1n) is 10.8. The van der Waals surface area contributed by atoms with Crippen molar-refractivity contribution in [2.75, 3.05) is 20.2 Å². The number of sulfonamides is 1. The minimum absolute atomic E-state index is 0.000621. The van der Waals surface area contributed by atoms with Crippen LogP contribution in [-0.2, 0) is 14.8 Å². The van der Waals surface area contributed by atoms with Gasteiger partial charge in [0, 0.05) is 25.0 Å². The molecule has 1 atom stereocenters. The van der Waals surface area contributed by atoms with E-state index in [1.54, 1.807) is 26.2 Å². The van der Waals surface area contributed by atoms with Gasteiger partial charge in [0.2, 0.25) is 15.9 Å². The van der Waals surface area contributed by atoms with Crippen molar-refractivity contribution in [2.24, 2.45) is 5.92 Å². The molecule has 1 saturated heterocycles. The number of hydrogen-bond acceptors (Lipinski definition) is 6. The summed E-state index contributed by atoms with van der Waals surface area (Å²) in [6.45, 7) is 6.17. The van der Waals surface area contributed by atoms with Gasteiger partial charge in [-0.1, -0.05) is 30.3 Å². The van der Waals surface area contributed by atoms with Crippen LogP contribution in [0.5, 0.6) is 5.75 Å². The Kier molecular flexibility index (Phi) is 7.73. The Morgan fingerprint density at radius 2 is 1.94 bits per heavy atom. The van der Waals surface area contributed by atoms with E-state index in [0.717, 1.165) is 17.7 Å². The van der Waals surface area contributed by atoms with Crippen molar-refractivity contribution >= 4 is 28.1 Å². The van der Waals surface area contributed by atoms with Gasteiger partial charge in [-0.25, -0.2) is 8.42 Å². The van der Waals surface area contributed by atoms with E-state index in [1.807, 2.05) is 38.1 Å². The van der Waals surface area contributed by atoms with Gasteiger partial charge in [0.25, 0.3) is 0 Å². The number of methoxy groups -OCH3 is 1. The van der Waals surface area contributed by atoms with Gasteiger partial charge in [-0.3, -0.25) is 4.79 Å². The molecule has 8 nitrogen and oxygen atoms in total. The van der Waals surface area contributed by atoms with Crippen LogP contribution in [0.25, 0.3) is 12.2 Å². The Bertz CT molecular complexity index is 1050. The number of aryl methyl sites for hydroxylation is 1. The van der Waals surface area contributed by atoms with Crippen molar-refractivity contribution in [3.05, 3.63) is 41.3 Å². The van der Waals surface area contributed by atoms with E-state index in [1.165, 1.54) is 4.31 Å². The summed E-state index contributed by atoms with van der Waals surface area (Å²) in [5.41, 5.74) is 1.19. The number of amides is 1. The van der Waals surface area contributed by atoms with E-state index < -0.39 is 10.0 Å². The molecule has 1 aliphatic heterocycles. The first kappa shape index (κ1) is 24.0. The van der Waals surface area contributed by atoms with Gasteiger partial charge in [0.05, 0.1) is 7.11 Å². The summed E-state index contributed by atoms with van der Waals surface area (Å²) in [5, 5.41) is 6.88. The topological polar surface area (TPSA) is 102 Å². The van der Waals surface area contributed by atoms with Crippen LogP contribution in [0, 0.1) is 12.8 Å². The Morgan fingerprint density at radius 3 is 2.53 bits per heavy atom. The van der Waals surface area contributed by atoms with Gasteiger partial charge < -0.3 is 14.6 Å². The molecule has 1 aromatic carbocycles. The van der Waals surface area contributed by atoms with Crippen molar-refractivity contribution in [2.45, 2.75) is 51.0 Å². The molecule has 2 heterocycles. The number of piperidine rings is 1. The Balaban J connectivity index is 1.73. The van der Waals surface area contributed by atoms with Crippen LogP contribution < -0.4 is 10.1 Å². The van der Waals surface area contributed by atoms with Crippen molar-refractivity contribution in [3.8, 4) is 5.75 Å². The standard InChI is InChI=1S/C23H31N3O5S/c1-5-16(2)24-23(27)19-12-14-26(15-13-19)32(28,29)22-17(3)25-31-21(22)11-8-18-6-9-20(30-4)10-7-18/h6-11,16,19H,5,12-15H2,1-4H3,(H,24,27)/b11-8-/t16-/m0/s1. The highest BCUT2D eigenvalue weighted by Gasteiger charge is 2.36. The average Bonchev–Trinajstić information content (AvgIpc) is 3.19. The van der Waals surface area contributed by atoms with Crippen molar-refractivity contribution in [1.29, 1.82) is 0 Å². The highest BCUT2D eigenvalue weighted by molar-refractivity contribution is 7.89. The SMILES string of the molecule is CC[C@H](C)NC(=O)C1CCN(S(=O)(=O)c2c(C)noc2/C=C\c2ccc(OC)cc2)CC1. The van der Waals surface area contributed by atoms with E-state index >= 15 is 0 Å². The lowest BCUT2D eigenvalue weighted by atomic mass is 9.97. The van der Waals surface area contributed by atoms with E-state index in [2.05, 4.69) is 10.5 Å². The zero-order valence-electron chi connectivity index (χ0n) is 19.0. The molecule has 0 spiro atoms. The van der Waals surface area contributed by atoms with E-state index in [-0.39, 0.29) is 41.6 Å². The molecule has 1 fully saturated rings. The smallest absolute Gasteiger partial charge is 0.248 e. The molecule has 2 aromatic rings. The van der Waals surface area contributed by atoms with Crippen molar-refractivity contribution in [3.63, 3.8) is 0 Å². The first-order valence-corrected chi connectivity index (χ1v) is 12.3. The molecule has 1 aliphatic rings. The molecule has 0 saturated carbocycles. The van der Waals surface area contributed by atoms with Crippen LogP contribution in [0.2, 0.25) is 0 Å². The molecule has 174 valence electrons. The summed E-state index contributed by atoms with van der Waals surface area (Å²) in [6, 6.07) is 7.49. The van der Waals surface area contributed by atoms with Gasteiger partial charge in [-0.15, -0.1) is 0 Å². The van der Waals surface area contributed by atoms with Crippen LogP contribution in [0.15, 0.2) is 33.7 Å². The third-order valence-electron chi connectivity index (χ3n) is 5.80. The molecule has 1 amide bonds. The third-order valence-corrected chi connectivity index (χ3v) is 7.86. The maximum Gasteiger partial charge on any atom is 0.248 e. The number of aromatic nitrogens is 1. The second-order valence-electron chi connectivity index (χ2n) is 8.06. The maximum atomic E-state index is 13.4. The zero-order chi connectivity index (χ0) is 23.3. The number of nitrogens with zero attached hydrogens (tertiary/aromatic N) is 2. The maximum absolute atomic E-state index is 13.4. The lowest BCUT2D eigenvalue weighted by Crippen LogP contribution is -2.44. The molecular weight excluding hydrogens is 430 g/mol. The summed E-state index contributed by atoms with van der Waals surface area (Å²) in [4.78, 5) is 12.5. The summed E-state index contributed by atoms with van der Waals surface area (Å²) in [7, 11) is -2.20. The third kappa shape index (κ3) is 5.39. The quantitative estimate of drug-likeness (QED) is 0.646. The van der Waals surface area contributed by atoms with E-state index in [0.29, 0.717) is 18.5 Å². The molecule has 0 radical (unpaired) electrons. The van der Waals surface area contributed by atoms with Gasteiger partial charge in [0.1, 0.15) is 11.4 Å². The molecule has 0 unspecified atom stereocenters. The molecule has 1 aromatic heterocycles. The monoisotopic (exact) mass is 461 g/mol. The van der Waals surface area contributed by atoms with Crippen molar-refractivity contribution < 1.29 is 22.5 Å². The largest absolute Gasteiger partial charge is 0.497 e. The van der Waals surface area contributed by atoms with Crippen LogP contribution in [0.4, 0.5) is 0 Å². The van der Waals surface area contributed by atoms with Crippen molar-refractivity contribution in [1.82, 2.24) is 14.8 Å². The Morgan fingerprint density at radius 1 is 1.28 bits per heavy atom. The minimum atomic E-state index is -3.80. The number of nitrogens with one attached hydrogen (secondary N) is 1. The molecular formula is C23H31N3O5S. The van der Waals surface area contributed by atoms with Gasteiger partial charge >= 0.3 is 0 Å². The van der Waals surface area contributed by atoms with Crippen LogP contribution in [-0.4, -0.2) is 50.0 Å². The zero-order valence-corrected chi connectivity index (χ0v) is 19.8. The number of benzene rings is 1. The van der Waals surface area contributed by atoms with E-state index in [4.69, 9.17) is 9.26 Å². The number of carbonyl (C=O) groups excluding carboxylic acids is 1. The normalized spacial score (nSPS) is 16.9. The number of hydrogen-bond donors (Lipinski definition) is 1. The average molecular weight is 462 g/mol. The summed E-state index contributed by atoms with van der Waals surface area (Å²) in [6.07, 6.45) is 5.22. The fraction of sp³-hybridized carbons (Fsp3) is 0.478. The van der Waals surface area contributed by atoms with Gasteiger partial charge in [0.15, 0.2) is 10.7 Å². The van der Waals surface area contributed by atoms with Gasteiger partial charge in [-0.05, 0) is 56.9 Å². The van der Waals surface area contributed by atoms with Crippen LogP contribution in [0.3, 0.4) is 0 Å². The molecule has 1 N–H and O–H groups in total.